The topological polar surface area (TPSA) is 105 Å². The summed E-state index contributed by atoms with van der Waals surface area (Å²) in [6, 6.07) is 14.1. The molecule has 34 heavy (non-hydrogen) atoms. The Hall–Kier alpha value is -3.39. The van der Waals surface area contributed by atoms with E-state index >= 15 is 0 Å². The lowest BCUT2D eigenvalue weighted by molar-refractivity contribution is -0.154. The first kappa shape index (κ1) is 23.8. The SMILES string of the molecule is COC(C)C(NC(=O)OCC1c2ccccc2-c2ccccc21)C(=O)N1CCCCC1C(=O)O. The van der Waals surface area contributed by atoms with Crippen LogP contribution in [0.1, 0.15) is 43.2 Å². The molecule has 8 heteroatoms. The molecule has 2 aromatic carbocycles. The number of alkyl carbamates (subject to hydrolysis) is 1. The Morgan fingerprint density at radius 1 is 1.06 bits per heavy atom. The number of carboxylic acid groups (broad SMARTS) is 1. The van der Waals surface area contributed by atoms with E-state index in [1.54, 1.807) is 6.92 Å². The highest BCUT2D eigenvalue weighted by molar-refractivity contribution is 5.90. The number of methoxy groups -OCH3 is 1. The van der Waals surface area contributed by atoms with E-state index in [2.05, 4.69) is 17.4 Å². The van der Waals surface area contributed by atoms with Crippen LogP contribution in [0.25, 0.3) is 11.1 Å². The minimum absolute atomic E-state index is 0.106. The first-order valence-electron chi connectivity index (χ1n) is 11.6. The maximum absolute atomic E-state index is 13.2. The van der Waals surface area contributed by atoms with Gasteiger partial charge in [0.15, 0.2) is 0 Å². The van der Waals surface area contributed by atoms with Gasteiger partial charge in [0.05, 0.1) is 6.10 Å². The largest absolute Gasteiger partial charge is 0.480 e. The van der Waals surface area contributed by atoms with Gasteiger partial charge in [-0.2, -0.15) is 0 Å². The summed E-state index contributed by atoms with van der Waals surface area (Å²) in [4.78, 5) is 39.0. The molecular formula is C26H30N2O6. The number of benzene rings is 2. The van der Waals surface area contributed by atoms with Gasteiger partial charge in [-0.15, -0.1) is 0 Å². The summed E-state index contributed by atoms with van der Waals surface area (Å²) in [5, 5.41) is 12.2. The van der Waals surface area contributed by atoms with Crippen LogP contribution in [0.5, 0.6) is 0 Å². The maximum Gasteiger partial charge on any atom is 0.407 e. The zero-order chi connectivity index (χ0) is 24.2. The second kappa shape index (κ2) is 10.3. The molecule has 1 aliphatic heterocycles. The minimum atomic E-state index is -1.05. The molecule has 4 rings (SSSR count). The lowest BCUT2D eigenvalue weighted by Gasteiger charge is -2.36. The molecule has 1 saturated heterocycles. The third kappa shape index (κ3) is 4.63. The first-order chi connectivity index (χ1) is 16.4. The zero-order valence-corrected chi connectivity index (χ0v) is 19.4. The smallest absolute Gasteiger partial charge is 0.407 e. The van der Waals surface area contributed by atoms with Gasteiger partial charge in [-0.25, -0.2) is 9.59 Å². The van der Waals surface area contributed by atoms with Gasteiger partial charge < -0.3 is 24.8 Å². The Morgan fingerprint density at radius 3 is 2.26 bits per heavy atom. The quantitative estimate of drug-likeness (QED) is 0.648. The average Bonchev–Trinajstić information content (AvgIpc) is 3.18. The molecule has 0 radical (unpaired) electrons. The van der Waals surface area contributed by atoms with E-state index in [0.717, 1.165) is 28.7 Å². The van der Waals surface area contributed by atoms with Crippen LogP contribution in [0.4, 0.5) is 4.79 Å². The van der Waals surface area contributed by atoms with Crippen molar-refractivity contribution >= 4 is 18.0 Å². The van der Waals surface area contributed by atoms with Crippen LogP contribution in [0.15, 0.2) is 48.5 Å². The molecule has 180 valence electrons. The Kier molecular flexibility index (Phi) is 7.17. The summed E-state index contributed by atoms with van der Waals surface area (Å²) < 4.78 is 10.9. The van der Waals surface area contributed by atoms with Crippen LogP contribution in [0.3, 0.4) is 0 Å². The van der Waals surface area contributed by atoms with Crippen molar-refractivity contribution in [1.29, 1.82) is 0 Å². The van der Waals surface area contributed by atoms with Crippen LogP contribution in [-0.2, 0) is 19.1 Å². The predicted molar refractivity (Wildman–Crippen MR) is 125 cm³/mol. The van der Waals surface area contributed by atoms with E-state index < -0.39 is 36.2 Å². The van der Waals surface area contributed by atoms with E-state index in [0.29, 0.717) is 19.4 Å². The van der Waals surface area contributed by atoms with Crippen LogP contribution in [0.2, 0.25) is 0 Å². The Labute approximate surface area is 198 Å². The van der Waals surface area contributed by atoms with Gasteiger partial charge in [-0.1, -0.05) is 48.5 Å². The molecule has 0 aromatic heterocycles. The molecule has 1 fully saturated rings. The van der Waals surface area contributed by atoms with Crippen molar-refractivity contribution in [3.8, 4) is 11.1 Å². The molecule has 0 spiro atoms. The predicted octanol–water partition coefficient (Wildman–Crippen LogP) is 3.39. The van der Waals surface area contributed by atoms with E-state index in [1.165, 1.54) is 12.0 Å². The fourth-order valence-corrected chi connectivity index (χ4v) is 4.91. The van der Waals surface area contributed by atoms with E-state index in [4.69, 9.17) is 9.47 Å². The molecule has 2 N–H and O–H groups in total. The molecule has 0 bridgehead atoms. The number of hydrogen-bond donors (Lipinski definition) is 2. The molecule has 2 amide bonds. The number of piperidine rings is 1. The number of amides is 2. The van der Waals surface area contributed by atoms with Gasteiger partial charge in [-0.05, 0) is 48.4 Å². The van der Waals surface area contributed by atoms with Gasteiger partial charge >= 0.3 is 12.1 Å². The van der Waals surface area contributed by atoms with Crippen molar-refractivity contribution in [2.24, 2.45) is 0 Å². The number of ether oxygens (including phenoxy) is 2. The number of aliphatic carboxylic acids is 1. The van der Waals surface area contributed by atoms with E-state index in [-0.39, 0.29) is 12.5 Å². The number of likely N-dealkylation sites (tertiary alicyclic amines) is 1. The van der Waals surface area contributed by atoms with Gasteiger partial charge in [0, 0.05) is 19.6 Å². The van der Waals surface area contributed by atoms with Gasteiger partial charge in [0.2, 0.25) is 5.91 Å². The van der Waals surface area contributed by atoms with Crippen molar-refractivity contribution < 1.29 is 29.0 Å². The molecule has 3 unspecified atom stereocenters. The standard InChI is InChI=1S/C26H30N2O6/c1-16(33-2)23(24(29)28-14-8-7-13-22(28)25(30)31)27-26(32)34-15-21-19-11-5-3-9-17(19)18-10-4-6-12-20(18)21/h3-6,9-12,16,21-23H,7-8,13-15H2,1-2H3,(H,27,32)(H,30,31). The summed E-state index contributed by atoms with van der Waals surface area (Å²) in [6.07, 6.45) is 0.442. The van der Waals surface area contributed by atoms with Crippen LogP contribution in [-0.4, -0.2) is 66.4 Å². The molecule has 0 saturated carbocycles. The molecule has 8 nitrogen and oxygen atoms in total. The van der Waals surface area contributed by atoms with Crippen molar-refractivity contribution in [2.75, 3.05) is 20.3 Å². The van der Waals surface area contributed by atoms with Crippen LogP contribution in [0, 0.1) is 0 Å². The fourth-order valence-electron chi connectivity index (χ4n) is 4.91. The Morgan fingerprint density at radius 2 is 1.68 bits per heavy atom. The first-order valence-corrected chi connectivity index (χ1v) is 11.6. The number of carboxylic acids is 1. The monoisotopic (exact) mass is 466 g/mol. The summed E-state index contributed by atoms with van der Waals surface area (Å²) in [7, 11) is 1.44. The van der Waals surface area contributed by atoms with Gasteiger partial charge in [0.1, 0.15) is 18.7 Å². The average molecular weight is 467 g/mol. The number of nitrogens with one attached hydrogen (secondary N) is 1. The normalized spacial score (nSPS) is 19.0. The highest BCUT2D eigenvalue weighted by Crippen LogP contribution is 2.44. The van der Waals surface area contributed by atoms with Crippen molar-refractivity contribution in [3.63, 3.8) is 0 Å². The lowest BCUT2D eigenvalue weighted by Crippen LogP contribution is -2.59. The summed E-state index contributed by atoms with van der Waals surface area (Å²) in [5.41, 5.74) is 4.43. The third-order valence-electron chi connectivity index (χ3n) is 6.80. The number of rotatable bonds is 7. The molecule has 3 atom stereocenters. The molecule has 2 aliphatic rings. The highest BCUT2D eigenvalue weighted by Gasteiger charge is 2.39. The second-order valence-electron chi connectivity index (χ2n) is 8.77. The number of hydrogen-bond acceptors (Lipinski definition) is 5. The summed E-state index contributed by atoms with van der Waals surface area (Å²) in [6.45, 7) is 2.10. The number of nitrogens with zero attached hydrogens (tertiary/aromatic N) is 1. The van der Waals surface area contributed by atoms with Crippen molar-refractivity contribution in [1.82, 2.24) is 10.2 Å². The molecule has 1 aliphatic carbocycles. The molecule has 1 heterocycles. The van der Waals surface area contributed by atoms with Crippen LogP contribution < -0.4 is 5.32 Å². The number of carbonyl (C=O) groups is 3. The van der Waals surface area contributed by atoms with Crippen LogP contribution >= 0.6 is 0 Å². The molecule has 2 aromatic rings. The lowest BCUT2D eigenvalue weighted by atomic mass is 9.98. The second-order valence-corrected chi connectivity index (χ2v) is 8.77. The third-order valence-corrected chi connectivity index (χ3v) is 6.80. The van der Waals surface area contributed by atoms with E-state index in [1.807, 2.05) is 36.4 Å². The summed E-state index contributed by atoms with van der Waals surface area (Å²) >= 11 is 0. The number of fused-ring (bicyclic) bond motifs is 3. The fraction of sp³-hybridized carbons (Fsp3) is 0.423. The van der Waals surface area contributed by atoms with Crippen molar-refractivity contribution in [3.05, 3.63) is 59.7 Å². The van der Waals surface area contributed by atoms with Gasteiger partial charge in [0.25, 0.3) is 0 Å². The van der Waals surface area contributed by atoms with E-state index in [9.17, 15) is 19.5 Å². The molecular weight excluding hydrogens is 436 g/mol. The highest BCUT2D eigenvalue weighted by atomic mass is 16.5. The summed E-state index contributed by atoms with van der Waals surface area (Å²) in [5.74, 6) is -1.63. The zero-order valence-electron chi connectivity index (χ0n) is 19.4. The van der Waals surface area contributed by atoms with Crippen molar-refractivity contribution in [2.45, 2.75) is 50.3 Å². The minimum Gasteiger partial charge on any atom is -0.480 e. The Bertz CT molecular complexity index is 1030. The Balaban J connectivity index is 1.46. The van der Waals surface area contributed by atoms with Gasteiger partial charge in [-0.3, -0.25) is 4.79 Å². The maximum atomic E-state index is 13.2. The number of carbonyl (C=O) groups excluding carboxylic acids is 2.